The maximum Gasteiger partial charge on any atom is 0.407 e. The first-order valence-corrected chi connectivity index (χ1v) is 7.23. The highest BCUT2D eigenvalue weighted by Gasteiger charge is 2.18. The molecule has 0 spiro atoms. The van der Waals surface area contributed by atoms with E-state index in [9.17, 15) is 13.2 Å². The zero-order valence-corrected chi connectivity index (χ0v) is 11.3. The average molecular weight is 251 g/mol. The maximum absolute atomic E-state index is 11.3. The molecular formula is C10H21NO4S. The van der Waals surface area contributed by atoms with Crippen LogP contribution in [0.15, 0.2) is 0 Å². The molecule has 0 aliphatic rings. The summed E-state index contributed by atoms with van der Waals surface area (Å²) in [4.78, 5) is 11.3. The monoisotopic (exact) mass is 251 g/mol. The van der Waals surface area contributed by atoms with E-state index >= 15 is 0 Å². The molecule has 0 aromatic carbocycles. The van der Waals surface area contributed by atoms with Gasteiger partial charge in [-0.2, -0.15) is 0 Å². The van der Waals surface area contributed by atoms with E-state index in [1.165, 1.54) is 6.26 Å². The molecule has 0 radical (unpaired) electrons. The lowest BCUT2D eigenvalue weighted by Gasteiger charge is -2.21. The lowest BCUT2D eigenvalue weighted by Crippen LogP contribution is -2.38. The molecule has 1 N–H and O–H groups in total. The second-order valence-corrected chi connectivity index (χ2v) is 7.23. The molecule has 1 atom stereocenters. The van der Waals surface area contributed by atoms with Crippen molar-refractivity contribution in [3.8, 4) is 0 Å². The van der Waals surface area contributed by atoms with Crippen molar-refractivity contribution in [2.24, 2.45) is 0 Å². The van der Waals surface area contributed by atoms with Gasteiger partial charge in [0, 0.05) is 12.3 Å². The summed E-state index contributed by atoms with van der Waals surface area (Å²) in [5.41, 5.74) is -0.541. The van der Waals surface area contributed by atoms with Gasteiger partial charge in [-0.25, -0.2) is 13.2 Å². The summed E-state index contributed by atoms with van der Waals surface area (Å²) in [7, 11) is -2.98. The predicted molar refractivity (Wildman–Crippen MR) is 63.2 cm³/mol. The summed E-state index contributed by atoms with van der Waals surface area (Å²) in [5.74, 6) is 0.0595. The first-order chi connectivity index (χ1) is 6.99. The van der Waals surface area contributed by atoms with Gasteiger partial charge >= 0.3 is 6.09 Å². The van der Waals surface area contributed by atoms with Crippen molar-refractivity contribution in [2.75, 3.05) is 12.0 Å². The first-order valence-electron chi connectivity index (χ1n) is 5.17. The van der Waals surface area contributed by atoms with Crippen molar-refractivity contribution in [1.82, 2.24) is 5.32 Å². The van der Waals surface area contributed by atoms with Gasteiger partial charge in [-0.05, 0) is 34.1 Å². The van der Waals surface area contributed by atoms with E-state index < -0.39 is 21.5 Å². The average Bonchev–Trinajstić information content (AvgIpc) is 1.95. The Morgan fingerprint density at radius 1 is 1.38 bits per heavy atom. The molecular weight excluding hydrogens is 230 g/mol. The van der Waals surface area contributed by atoms with Crippen LogP contribution in [0.4, 0.5) is 4.79 Å². The predicted octanol–water partition coefficient (Wildman–Crippen LogP) is 1.33. The number of ether oxygens (including phenoxy) is 1. The molecule has 5 nitrogen and oxygen atoms in total. The summed E-state index contributed by atoms with van der Waals surface area (Å²) < 4.78 is 26.9. The summed E-state index contributed by atoms with van der Waals surface area (Å²) in [6.45, 7) is 7.06. The van der Waals surface area contributed by atoms with Crippen molar-refractivity contribution in [2.45, 2.75) is 45.8 Å². The Balaban J connectivity index is 3.97. The molecule has 0 bridgehead atoms. The van der Waals surface area contributed by atoms with Crippen molar-refractivity contribution in [1.29, 1.82) is 0 Å². The van der Waals surface area contributed by atoms with Gasteiger partial charge in [0.1, 0.15) is 15.4 Å². The van der Waals surface area contributed by atoms with E-state index in [-0.39, 0.29) is 11.8 Å². The van der Waals surface area contributed by atoms with Crippen molar-refractivity contribution in [3.05, 3.63) is 0 Å². The van der Waals surface area contributed by atoms with Gasteiger partial charge in [-0.3, -0.25) is 0 Å². The Bertz CT molecular complexity index is 329. The molecule has 0 rings (SSSR count). The standard InChI is InChI=1S/C10H21NO4S/c1-8(6-7-16(5,13)14)11-9(12)15-10(2,3)4/h8H,6-7H2,1-5H3,(H,11,12)/t8-/m1/s1. The number of carbonyl (C=O) groups excluding carboxylic acids is 1. The first kappa shape index (κ1) is 15.2. The topological polar surface area (TPSA) is 72.5 Å². The molecule has 0 aromatic rings. The molecule has 0 aliphatic carbocycles. The van der Waals surface area contributed by atoms with Gasteiger partial charge in [0.15, 0.2) is 0 Å². The minimum Gasteiger partial charge on any atom is -0.444 e. The fourth-order valence-corrected chi connectivity index (χ4v) is 1.75. The zero-order valence-electron chi connectivity index (χ0n) is 10.5. The third-order valence-corrected chi connectivity index (χ3v) is 2.66. The molecule has 0 aromatic heterocycles. The van der Waals surface area contributed by atoms with Crippen molar-refractivity contribution < 1.29 is 17.9 Å². The van der Waals surface area contributed by atoms with E-state index in [4.69, 9.17) is 4.74 Å². The van der Waals surface area contributed by atoms with Gasteiger partial charge in [0.05, 0.1) is 5.75 Å². The summed E-state index contributed by atoms with van der Waals surface area (Å²) in [6.07, 6.45) is 1.04. The van der Waals surface area contributed by atoms with Crippen LogP contribution in [0, 0.1) is 0 Å². The number of carbonyl (C=O) groups is 1. The second kappa shape index (κ2) is 5.52. The number of amides is 1. The Kier molecular flexibility index (Phi) is 5.25. The van der Waals surface area contributed by atoms with Gasteiger partial charge in [0.25, 0.3) is 0 Å². The van der Waals surface area contributed by atoms with E-state index in [0.717, 1.165) is 0 Å². The largest absolute Gasteiger partial charge is 0.444 e. The Labute approximate surface area is 97.5 Å². The van der Waals surface area contributed by atoms with Crippen LogP contribution >= 0.6 is 0 Å². The molecule has 1 amide bonds. The smallest absolute Gasteiger partial charge is 0.407 e. The highest BCUT2D eigenvalue weighted by Crippen LogP contribution is 2.07. The lowest BCUT2D eigenvalue weighted by molar-refractivity contribution is 0.0507. The Hall–Kier alpha value is -0.780. The van der Waals surface area contributed by atoms with Crippen LogP contribution in [0.2, 0.25) is 0 Å². The van der Waals surface area contributed by atoms with Crippen LogP contribution in [-0.4, -0.2) is 38.2 Å². The highest BCUT2D eigenvalue weighted by molar-refractivity contribution is 7.90. The molecule has 0 unspecified atom stereocenters. The summed E-state index contributed by atoms with van der Waals surface area (Å²) in [5, 5.41) is 2.58. The number of nitrogens with one attached hydrogen (secondary N) is 1. The van der Waals surface area contributed by atoms with Crippen LogP contribution < -0.4 is 5.32 Å². The van der Waals surface area contributed by atoms with Crippen LogP contribution in [0.1, 0.15) is 34.1 Å². The molecule has 0 saturated carbocycles. The second-order valence-electron chi connectivity index (χ2n) is 4.97. The number of hydrogen-bond donors (Lipinski definition) is 1. The maximum atomic E-state index is 11.3. The summed E-state index contributed by atoms with van der Waals surface area (Å²) in [6, 6.07) is -0.218. The molecule has 6 heteroatoms. The van der Waals surface area contributed by atoms with Gasteiger partial charge < -0.3 is 10.1 Å². The van der Waals surface area contributed by atoms with Gasteiger partial charge in [-0.1, -0.05) is 0 Å². The Morgan fingerprint density at radius 2 is 1.88 bits per heavy atom. The number of alkyl carbamates (subject to hydrolysis) is 1. The molecule has 0 fully saturated rings. The van der Waals surface area contributed by atoms with Crippen LogP contribution in [0.5, 0.6) is 0 Å². The van der Waals surface area contributed by atoms with Crippen molar-refractivity contribution in [3.63, 3.8) is 0 Å². The molecule has 0 aliphatic heterocycles. The molecule has 16 heavy (non-hydrogen) atoms. The molecule has 96 valence electrons. The molecule has 0 saturated heterocycles. The van der Waals surface area contributed by atoms with Crippen LogP contribution in [0.3, 0.4) is 0 Å². The number of hydrogen-bond acceptors (Lipinski definition) is 4. The fourth-order valence-electron chi connectivity index (χ4n) is 0.972. The minimum absolute atomic E-state index is 0.0595. The third-order valence-electron chi connectivity index (χ3n) is 1.68. The SMILES string of the molecule is C[C@H](CCS(C)(=O)=O)NC(=O)OC(C)(C)C. The van der Waals surface area contributed by atoms with E-state index in [0.29, 0.717) is 6.42 Å². The number of sulfone groups is 1. The summed E-state index contributed by atoms with van der Waals surface area (Å²) >= 11 is 0. The normalized spacial score (nSPS) is 14.3. The van der Waals surface area contributed by atoms with Gasteiger partial charge in [0.2, 0.25) is 0 Å². The van der Waals surface area contributed by atoms with Crippen LogP contribution in [0.25, 0.3) is 0 Å². The quantitative estimate of drug-likeness (QED) is 0.818. The van der Waals surface area contributed by atoms with E-state index in [1.54, 1.807) is 27.7 Å². The zero-order chi connectivity index (χ0) is 13.0. The third kappa shape index (κ3) is 9.76. The van der Waals surface area contributed by atoms with Gasteiger partial charge in [-0.15, -0.1) is 0 Å². The molecule has 0 heterocycles. The van der Waals surface area contributed by atoms with Crippen molar-refractivity contribution >= 4 is 15.9 Å². The van der Waals surface area contributed by atoms with E-state index in [2.05, 4.69) is 5.32 Å². The highest BCUT2D eigenvalue weighted by atomic mass is 32.2. The minimum atomic E-state index is -2.98. The van der Waals surface area contributed by atoms with Crippen LogP contribution in [-0.2, 0) is 14.6 Å². The number of rotatable bonds is 4. The Morgan fingerprint density at radius 3 is 2.25 bits per heavy atom. The lowest BCUT2D eigenvalue weighted by atomic mass is 10.2. The fraction of sp³-hybridized carbons (Fsp3) is 0.900. The van der Waals surface area contributed by atoms with E-state index in [1.807, 2.05) is 0 Å².